The summed E-state index contributed by atoms with van der Waals surface area (Å²) in [5.74, 6) is -0.0765. The number of halogens is 2. The van der Waals surface area contributed by atoms with Crippen molar-refractivity contribution in [3.8, 4) is 5.75 Å². The van der Waals surface area contributed by atoms with E-state index in [4.69, 9.17) is 16.3 Å². The second-order valence-electron chi connectivity index (χ2n) is 5.13. The van der Waals surface area contributed by atoms with Crippen molar-refractivity contribution in [2.45, 2.75) is 26.9 Å². The second-order valence-corrected chi connectivity index (χ2v) is 5.51. The molecule has 2 aromatic rings. The molecule has 0 bridgehead atoms. The van der Waals surface area contributed by atoms with Crippen molar-refractivity contribution in [3.05, 3.63) is 58.4 Å². The van der Waals surface area contributed by atoms with Gasteiger partial charge in [0.25, 0.3) is 5.91 Å². The fourth-order valence-corrected chi connectivity index (χ4v) is 2.12. The van der Waals surface area contributed by atoms with Crippen molar-refractivity contribution in [1.29, 1.82) is 0 Å². The van der Waals surface area contributed by atoms with Crippen LogP contribution in [0.4, 0.5) is 10.1 Å². The van der Waals surface area contributed by atoms with Gasteiger partial charge in [-0.3, -0.25) is 4.79 Å². The summed E-state index contributed by atoms with van der Waals surface area (Å²) in [4.78, 5) is 12.1. The van der Waals surface area contributed by atoms with E-state index in [2.05, 4.69) is 5.32 Å². The third-order valence-electron chi connectivity index (χ3n) is 3.20. The Labute approximate surface area is 134 Å². The first-order valence-electron chi connectivity index (χ1n) is 6.86. The van der Waals surface area contributed by atoms with Crippen molar-refractivity contribution >= 4 is 23.2 Å². The Kier molecular flexibility index (Phi) is 5.03. The molecule has 0 saturated carbocycles. The molecule has 2 rings (SSSR count). The molecule has 1 amide bonds. The van der Waals surface area contributed by atoms with Gasteiger partial charge in [0.15, 0.2) is 6.10 Å². The van der Waals surface area contributed by atoms with Gasteiger partial charge in [-0.05, 0) is 68.3 Å². The fraction of sp³-hybridized carbons (Fsp3) is 0.235. The number of carbonyl (C=O) groups excluding carboxylic acids is 1. The topological polar surface area (TPSA) is 38.3 Å². The van der Waals surface area contributed by atoms with E-state index in [1.807, 2.05) is 13.8 Å². The van der Waals surface area contributed by atoms with Gasteiger partial charge in [0.05, 0.1) is 0 Å². The molecule has 116 valence electrons. The lowest BCUT2D eigenvalue weighted by Crippen LogP contribution is -2.30. The highest BCUT2D eigenvalue weighted by atomic mass is 35.5. The Hall–Kier alpha value is -2.07. The number of amides is 1. The van der Waals surface area contributed by atoms with Gasteiger partial charge < -0.3 is 10.1 Å². The zero-order chi connectivity index (χ0) is 16.3. The highest BCUT2D eigenvalue weighted by Gasteiger charge is 2.16. The van der Waals surface area contributed by atoms with Crippen LogP contribution in [0.25, 0.3) is 0 Å². The predicted molar refractivity (Wildman–Crippen MR) is 86.0 cm³/mol. The molecule has 1 atom stereocenters. The van der Waals surface area contributed by atoms with E-state index in [1.54, 1.807) is 19.1 Å². The van der Waals surface area contributed by atoms with E-state index >= 15 is 0 Å². The maximum Gasteiger partial charge on any atom is 0.265 e. The zero-order valence-corrected chi connectivity index (χ0v) is 13.4. The third-order valence-corrected chi connectivity index (χ3v) is 3.80. The normalized spacial score (nSPS) is 11.9. The number of carbonyl (C=O) groups is 1. The van der Waals surface area contributed by atoms with Crippen LogP contribution >= 0.6 is 11.6 Å². The molecule has 0 aliphatic heterocycles. The van der Waals surface area contributed by atoms with Crippen LogP contribution in [0.3, 0.4) is 0 Å². The van der Waals surface area contributed by atoms with Crippen LogP contribution < -0.4 is 10.1 Å². The average Bonchev–Trinajstić information content (AvgIpc) is 2.47. The third kappa shape index (κ3) is 3.98. The van der Waals surface area contributed by atoms with Crippen molar-refractivity contribution in [2.24, 2.45) is 0 Å². The Morgan fingerprint density at radius 1 is 1.18 bits per heavy atom. The van der Waals surface area contributed by atoms with Gasteiger partial charge in [-0.25, -0.2) is 4.39 Å². The first-order chi connectivity index (χ1) is 10.4. The van der Waals surface area contributed by atoms with Crippen molar-refractivity contribution in [2.75, 3.05) is 5.32 Å². The largest absolute Gasteiger partial charge is 0.481 e. The standard InChI is InChI=1S/C17H17ClFNO2/c1-10-8-15(9-11(2)16(10)18)22-12(3)17(21)20-14-6-4-13(19)5-7-14/h4-9,12H,1-3H3,(H,20,21). The van der Waals surface area contributed by atoms with Gasteiger partial charge in [-0.1, -0.05) is 11.6 Å². The summed E-state index contributed by atoms with van der Waals surface area (Å²) in [7, 11) is 0. The number of benzene rings is 2. The summed E-state index contributed by atoms with van der Waals surface area (Å²) < 4.78 is 18.5. The Morgan fingerprint density at radius 2 is 1.73 bits per heavy atom. The lowest BCUT2D eigenvalue weighted by atomic mass is 10.1. The highest BCUT2D eigenvalue weighted by Crippen LogP contribution is 2.26. The number of hydrogen-bond donors (Lipinski definition) is 1. The van der Waals surface area contributed by atoms with E-state index < -0.39 is 6.10 Å². The first kappa shape index (κ1) is 16.3. The van der Waals surface area contributed by atoms with Crippen LogP contribution in [-0.4, -0.2) is 12.0 Å². The minimum absolute atomic E-state index is 0.308. The molecule has 0 aliphatic rings. The minimum atomic E-state index is -0.690. The van der Waals surface area contributed by atoms with Gasteiger partial charge in [0.2, 0.25) is 0 Å². The van der Waals surface area contributed by atoms with Crippen molar-refractivity contribution in [3.63, 3.8) is 0 Å². The fourth-order valence-electron chi connectivity index (χ4n) is 2.01. The summed E-state index contributed by atoms with van der Waals surface area (Å²) in [6, 6.07) is 9.14. The van der Waals surface area contributed by atoms with Gasteiger partial charge in [0.1, 0.15) is 11.6 Å². The number of ether oxygens (including phenoxy) is 1. The average molecular weight is 322 g/mol. The molecular formula is C17H17ClFNO2. The molecule has 0 spiro atoms. The number of hydrogen-bond acceptors (Lipinski definition) is 2. The smallest absolute Gasteiger partial charge is 0.265 e. The molecule has 3 nitrogen and oxygen atoms in total. The second kappa shape index (κ2) is 6.79. The van der Waals surface area contributed by atoms with Crippen LogP contribution in [0.1, 0.15) is 18.1 Å². The van der Waals surface area contributed by atoms with Gasteiger partial charge in [0, 0.05) is 10.7 Å². The van der Waals surface area contributed by atoms with E-state index in [0.717, 1.165) is 11.1 Å². The molecule has 0 fully saturated rings. The molecule has 22 heavy (non-hydrogen) atoms. The molecule has 1 N–H and O–H groups in total. The molecule has 0 aromatic heterocycles. The van der Waals surface area contributed by atoms with Gasteiger partial charge >= 0.3 is 0 Å². The Bertz CT molecular complexity index is 663. The van der Waals surface area contributed by atoms with Crippen molar-refractivity contribution < 1.29 is 13.9 Å². The van der Waals surface area contributed by atoms with Crippen LogP contribution in [0.15, 0.2) is 36.4 Å². The molecule has 1 unspecified atom stereocenters. The summed E-state index contributed by atoms with van der Waals surface area (Å²) in [6.45, 7) is 5.41. The number of anilines is 1. The Balaban J connectivity index is 2.03. The molecule has 2 aromatic carbocycles. The van der Waals surface area contributed by atoms with Crippen LogP contribution in [0.5, 0.6) is 5.75 Å². The first-order valence-corrected chi connectivity index (χ1v) is 7.24. The summed E-state index contributed by atoms with van der Waals surface area (Å²) in [6.07, 6.45) is -0.690. The van der Waals surface area contributed by atoms with Gasteiger partial charge in [-0.15, -0.1) is 0 Å². The Morgan fingerprint density at radius 3 is 2.27 bits per heavy atom. The zero-order valence-electron chi connectivity index (χ0n) is 12.6. The molecule has 0 aliphatic carbocycles. The molecule has 5 heteroatoms. The number of aryl methyl sites for hydroxylation is 2. The van der Waals surface area contributed by atoms with E-state index in [1.165, 1.54) is 24.3 Å². The van der Waals surface area contributed by atoms with Crippen molar-refractivity contribution in [1.82, 2.24) is 0 Å². The maximum atomic E-state index is 12.8. The minimum Gasteiger partial charge on any atom is -0.481 e. The quantitative estimate of drug-likeness (QED) is 0.900. The number of rotatable bonds is 4. The van der Waals surface area contributed by atoms with Crippen LogP contribution in [0, 0.1) is 19.7 Å². The number of nitrogens with one attached hydrogen (secondary N) is 1. The van der Waals surface area contributed by atoms with E-state index in [-0.39, 0.29) is 11.7 Å². The van der Waals surface area contributed by atoms with E-state index in [0.29, 0.717) is 16.5 Å². The monoisotopic (exact) mass is 321 g/mol. The maximum absolute atomic E-state index is 12.8. The summed E-state index contributed by atoms with van der Waals surface area (Å²) in [5, 5.41) is 3.36. The summed E-state index contributed by atoms with van der Waals surface area (Å²) >= 11 is 6.10. The molecule has 0 heterocycles. The molecule has 0 saturated heterocycles. The molecule has 0 radical (unpaired) electrons. The highest BCUT2D eigenvalue weighted by molar-refractivity contribution is 6.32. The predicted octanol–water partition coefficient (Wildman–Crippen LogP) is 4.50. The van der Waals surface area contributed by atoms with Crippen LogP contribution in [0.2, 0.25) is 5.02 Å². The van der Waals surface area contributed by atoms with Crippen LogP contribution in [-0.2, 0) is 4.79 Å². The summed E-state index contributed by atoms with van der Waals surface area (Å²) in [5.41, 5.74) is 2.30. The lowest BCUT2D eigenvalue weighted by Gasteiger charge is -2.16. The van der Waals surface area contributed by atoms with E-state index in [9.17, 15) is 9.18 Å². The SMILES string of the molecule is Cc1cc(OC(C)C(=O)Nc2ccc(F)cc2)cc(C)c1Cl. The molecular weight excluding hydrogens is 305 g/mol. The lowest BCUT2D eigenvalue weighted by molar-refractivity contribution is -0.122. The van der Waals surface area contributed by atoms with Gasteiger partial charge in [-0.2, -0.15) is 0 Å².